The number of para-hydroxylation sites is 1. The summed E-state index contributed by atoms with van der Waals surface area (Å²) in [4.78, 5) is 15.0. The molecular formula is C16H12N2O3. The zero-order valence-electron chi connectivity index (χ0n) is 11.1. The predicted molar refractivity (Wildman–Crippen MR) is 77.9 cm³/mol. The molecule has 0 atom stereocenters. The van der Waals surface area contributed by atoms with Crippen molar-refractivity contribution in [1.29, 1.82) is 0 Å². The second-order valence-electron chi connectivity index (χ2n) is 4.75. The van der Waals surface area contributed by atoms with Gasteiger partial charge in [0.1, 0.15) is 0 Å². The van der Waals surface area contributed by atoms with Crippen LogP contribution in [0.5, 0.6) is 11.5 Å². The van der Waals surface area contributed by atoms with Crippen LogP contribution < -0.4 is 15.2 Å². The Morgan fingerprint density at radius 1 is 1.00 bits per heavy atom. The molecule has 5 heteroatoms. The summed E-state index contributed by atoms with van der Waals surface area (Å²) in [5.74, 6) is 1.42. The fourth-order valence-corrected chi connectivity index (χ4v) is 2.39. The summed E-state index contributed by atoms with van der Waals surface area (Å²) in [6.45, 7) is 0.236. The molecule has 3 aromatic rings. The standard InChI is InChI=1S/C16H12N2O3/c19-16-17-13(9-18(16)12-4-2-1-3-5-12)11-6-7-14-15(8-11)21-10-20-14/h1-9H,10H2,(H,17,19). The highest BCUT2D eigenvalue weighted by molar-refractivity contribution is 5.64. The first-order valence-corrected chi connectivity index (χ1v) is 6.58. The Balaban J connectivity index is 1.79. The summed E-state index contributed by atoms with van der Waals surface area (Å²) in [7, 11) is 0. The van der Waals surface area contributed by atoms with Gasteiger partial charge in [0.05, 0.1) is 11.4 Å². The molecule has 21 heavy (non-hydrogen) atoms. The predicted octanol–water partition coefficient (Wildman–Crippen LogP) is 2.56. The van der Waals surface area contributed by atoms with Gasteiger partial charge in [0, 0.05) is 11.8 Å². The fourth-order valence-electron chi connectivity index (χ4n) is 2.39. The highest BCUT2D eigenvalue weighted by atomic mass is 16.7. The van der Waals surface area contributed by atoms with Gasteiger partial charge in [-0.15, -0.1) is 0 Å². The van der Waals surface area contributed by atoms with Gasteiger partial charge < -0.3 is 14.5 Å². The van der Waals surface area contributed by atoms with Gasteiger partial charge >= 0.3 is 5.69 Å². The van der Waals surface area contributed by atoms with Crippen LogP contribution in [0.3, 0.4) is 0 Å². The molecule has 0 amide bonds. The maximum atomic E-state index is 12.1. The lowest BCUT2D eigenvalue weighted by Gasteiger charge is -2.00. The molecule has 0 bridgehead atoms. The molecule has 0 radical (unpaired) electrons. The van der Waals surface area contributed by atoms with E-state index in [1.54, 1.807) is 10.8 Å². The number of fused-ring (bicyclic) bond motifs is 1. The van der Waals surface area contributed by atoms with Crippen molar-refractivity contribution in [2.24, 2.45) is 0 Å². The third kappa shape index (κ3) is 1.99. The number of hydrogen-bond acceptors (Lipinski definition) is 3. The van der Waals surface area contributed by atoms with Crippen LogP contribution in [0.4, 0.5) is 0 Å². The number of benzene rings is 2. The van der Waals surface area contributed by atoms with E-state index < -0.39 is 0 Å². The van der Waals surface area contributed by atoms with Crippen molar-refractivity contribution in [2.75, 3.05) is 6.79 Å². The number of aromatic amines is 1. The minimum atomic E-state index is -0.172. The summed E-state index contributed by atoms with van der Waals surface area (Å²) < 4.78 is 12.2. The van der Waals surface area contributed by atoms with Crippen molar-refractivity contribution in [2.45, 2.75) is 0 Å². The van der Waals surface area contributed by atoms with E-state index in [0.717, 1.165) is 22.7 Å². The Bertz CT molecular complexity index is 849. The molecule has 0 fully saturated rings. The average molecular weight is 280 g/mol. The summed E-state index contributed by atoms with van der Waals surface area (Å²) in [6.07, 6.45) is 1.79. The second kappa shape index (κ2) is 4.56. The summed E-state index contributed by atoms with van der Waals surface area (Å²) >= 11 is 0. The number of nitrogens with zero attached hydrogens (tertiary/aromatic N) is 1. The number of imidazole rings is 1. The number of ether oxygens (including phenoxy) is 2. The molecule has 2 heterocycles. The van der Waals surface area contributed by atoms with Crippen LogP contribution in [-0.2, 0) is 0 Å². The molecule has 1 N–H and O–H groups in total. The first-order chi connectivity index (χ1) is 10.3. The Morgan fingerprint density at radius 2 is 1.81 bits per heavy atom. The van der Waals surface area contributed by atoms with Crippen LogP contribution >= 0.6 is 0 Å². The molecule has 2 aromatic carbocycles. The van der Waals surface area contributed by atoms with Gasteiger partial charge in [0.2, 0.25) is 6.79 Å². The van der Waals surface area contributed by atoms with Gasteiger partial charge in [0.25, 0.3) is 0 Å². The second-order valence-corrected chi connectivity index (χ2v) is 4.75. The molecule has 1 aliphatic heterocycles. The highest BCUT2D eigenvalue weighted by Crippen LogP contribution is 2.35. The number of rotatable bonds is 2. The SMILES string of the molecule is O=c1[nH]c(-c2ccc3c(c2)OCO3)cn1-c1ccccc1. The minimum absolute atomic E-state index is 0.172. The lowest BCUT2D eigenvalue weighted by molar-refractivity contribution is 0.174. The maximum Gasteiger partial charge on any atom is 0.330 e. The zero-order chi connectivity index (χ0) is 14.2. The number of H-pyrrole nitrogens is 1. The fraction of sp³-hybridized carbons (Fsp3) is 0.0625. The zero-order valence-corrected chi connectivity index (χ0v) is 11.1. The quantitative estimate of drug-likeness (QED) is 0.785. The number of nitrogens with one attached hydrogen (secondary N) is 1. The topological polar surface area (TPSA) is 56.3 Å². The first kappa shape index (κ1) is 11.8. The lowest BCUT2D eigenvalue weighted by atomic mass is 10.1. The lowest BCUT2D eigenvalue weighted by Crippen LogP contribution is -2.13. The molecule has 5 nitrogen and oxygen atoms in total. The molecule has 0 saturated carbocycles. The molecule has 1 aliphatic rings. The van der Waals surface area contributed by atoms with Crippen molar-refractivity contribution in [3.63, 3.8) is 0 Å². The Morgan fingerprint density at radius 3 is 2.67 bits per heavy atom. The summed E-state index contributed by atoms with van der Waals surface area (Å²) in [6, 6.07) is 15.1. The van der Waals surface area contributed by atoms with Gasteiger partial charge in [-0.05, 0) is 30.3 Å². The number of aromatic nitrogens is 2. The van der Waals surface area contributed by atoms with E-state index in [-0.39, 0.29) is 12.5 Å². The highest BCUT2D eigenvalue weighted by Gasteiger charge is 2.15. The van der Waals surface area contributed by atoms with Crippen LogP contribution in [0.15, 0.2) is 59.5 Å². The largest absolute Gasteiger partial charge is 0.454 e. The smallest absolute Gasteiger partial charge is 0.330 e. The molecule has 104 valence electrons. The monoisotopic (exact) mass is 280 g/mol. The van der Waals surface area contributed by atoms with E-state index in [0.29, 0.717) is 5.75 Å². The molecule has 0 aliphatic carbocycles. The number of hydrogen-bond donors (Lipinski definition) is 1. The Kier molecular flexibility index (Phi) is 2.57. The van der Waals surface area contributed by atoms with Crippen molar-refractivity contribution in [3.05, 3.63) is 65.2 Å². The van der Waals surface area contributed by atoms with Crippen molar-refractivity contribution < 1.29 is 9.47 Å². The van der Waals surface area contributed by atoms with Gasteiger partial charge in [-0.3, -0.25) is 4.57 Å². The molecule has 1 aromatic heterocycles. The van der Waals surface area contributed by atoms with Gasteiger partial charge in [-0.2, -0.15) is 0 Å². The summed E-state index contributed by atoms with van der Waals surface area (Å²) in [5, 5.41) is 0. The van der Waals surface area contributed by atoms with E-state index in [1.807, 2.05) is 48.5 Å². The maximum absolute atomic E-state index is 12.1. The van der Waals surface area contributed by atoms with Gasteiger partial charge in [-0.25, -0.2) is 4.79 Å². The molecule has 0 unspecified atom stereocenters. The molecular weight excluding hydrogens is 268 g/mol. The first-order valence-electron chi connectivity index (χ1n) is 6.58. The normalized spacial score (nSPS) is 12.6. The van der Waals surface area contributed by atoms with Crippen LogP contribution in [0.25, 0.3) is 16.9 Å². The van der Waals surface area contributed by atoms with E-state index >= 15 is 0 Å². The van der Waals surface area contributed by atoms with Crippen LogP contribution in [0.1, 0.15) is 0 Å². The van der Waals surface area contributed by atoms with E-state index in [1.165, 1.54) is 0 Å². The van der Waals surface area contributed by atoms with Gasteiger partial charge in [-0.1, -0.05) is 18.2 Å². The Hall–Kier alpha value is -2.95. The van der Waals surface area contributed by atoms with Crippen LogP contribution in [-0.4, -0.2) is 16.3 Å². The van der Waals surface area contributed by atoms with E-state index in [4.69, 9.17) is 9.47 Å². The van der Waals surface area contributed by atoms with Crippen molar-refractivity contribution in [3.8, 4) is 28.4 Å². The Labute approximate surface area is 120 Å². The van der Waals surface area contributed by atoms with Crippen LogP contribution in [0.2, 0.25) is 0 Å². The van der Waals surface area contributed by atoms with Crippen molar-refractivity contribution >= 4 is 0 Å². The van der Waals surface area contributed by atoms with E-state index in [9.17, 15) is 4.79 Å². The molecule has 0 spiro atoms. The third-order valence-electron chi connectivity index (χ3n) is 3.44. The van der Waals surface area contributed by atoms with E-state index in [2.05, 4.69) is 4.98 Å². The van der Waals surface area contributed by atoms with Crippen molar-refractivity contribution in [1.82, 2.24) is 9.55 Å². The third-order valence-corrected chi connectivity index (χ3v) is 3.44. The molecule has 0 saturated heterocycles. The van der Waals surface area contributed by atoms with Crippen LogP contribution in [0, 0.1) is 0 Å². The average Bonchev–Trinajstić information content (AvgIpc) is 3.13. The minimum Gasteiger partial charge on any atom is -0.454 e. The molecule has 4 rings (SSSR count). The summed E-state index contributed by atoms with van der Waals surface area (Å²) in [5.41, 5.74) is 2.27. The van der Waals surface area contributed by atoms with Gasteiger partial charge in [0.15, 0.2) is 11.5 Å².